The third kappa shape index (κ3) is 4.78. The van der Waals surface area contributed by atoms with Crippen molar-refractivity contribution < 1.29 is 19.1 Å². The van der Waals surface area contributed by atoms with Gasteiger partial charge in [0.15, 0.2) is 0 Å². The number of rotatable bonds is 5. The number of hydrogen-bond acceptors (Lipinski definition) is 6. The Kier molecular flexibility index (Phi) is 6.73. The molecule has 5 rings (SSSR count). The van der Waals surface area contributed by atoms with Gasteiger partial charge in [-0.15, -0.1) is 0 Å². The highest BCUT2D eigenvalue weighted by molar-refractivity contribution is 6.30. The largest absolute Gasteiger partial charge is 0.478 e. The zero-order chi connectivity index (χ0) is 27.2. The molecule has 198 valence electrons. The zero-order valence-electron chi connectivity index (χ0n) is 21.5. The molecule has 4 heterocycles. The Bertz CT molecular complexity index is 1400. The van der Waals surface area contributed by atoms with Crippen LogP contribution in [0.1, 0.15) is 53.2 Å². The summed E-state index contributed by atoms with van der Waals surface area (Å²) in [4.78, 5) is 39.6. The van der Waals surface area contributed by atoms with Gasteiger partial charge in [0.25, 0.3) is 5.91 Å². The van der Waals surface area contributed by atoms with Crippen LogP contribution < -0.4 is 9.80 Å². The molecule has 1 fully saturated rings. The normalized spacial score (nSPS) is 18.3. The van der Waals surface area contributed by atoms with Crippen molar-refractivity contribution in [1.29, 1.82) is 0 Å². The van der Waals surface area contributed by atoms with Crippen LogP contribution in [0.3, 0.4) is 0 Å². The number of pyridine rings is 2. The topological polar surface area (TPSA) is 89.9 Å². The first kappa shape index (κ1) is 25.9. The fourth-order valence-corrected chi connectivity index (χ4v) is 5.37. The standard InChI is InChI=1S/C28H29ClFN5O3/c1-28(2)16-35(18-7-8-20(29)21(30)13-18)23-10-9-22(32-25(23)28)26(36)34-12-4-5-19(15-34)33(3)24-11-6-17(14-31-24)27(37)38/h6-11,13-14,19H,4-5,12,15-16H2,1-3H3,(H,37,38). The van der Waals surface area contributed by atoms with Crippen LogP contribution in [0.15, 0.2) is 48.7 Å². The molecule has 2 aromatic heterocycles. The number of fused-ring (bicyclic) bond motifs is 1. The van der Waals surface area contributed by atoms with Crippen LogP contribution in [0, 0.1) is 5.82 Å². The number of nitrogens with zero attached hydrogens (tertiary/aromatic N) is 5. The maximum Gasteiger partial charge on any atom is 0.337 e. The highest BCUT2D eigenvalue weighted by Crippen LogP contribution is 2.43. The Labute approximate surface area is 225 Å². The van der Waals surface area contributed by atoms with E-state index in [0.717, 1.165) is 24.2 Å². The third-order valence-corrected chi connectivity index (χ3v) is 7.69. The average Bonchev–Trinajstić information content (AvgIpc) is 3.19. The van der Waals surface area contributed by atoms with E-state index in [1.165, 1.54) is 18.3 Å². The molecule has 0 spiro atoms. The van der Waals surface area contributed by atoms with Crippen LogP contribution in [0.5, 0.6) is 0 Å². The summed E-state index contributed by atoms with van der Waals surface area (Å²) >= 11 is 5.88. The van der Waals surface area contributed by atoms with Crippen molar-refractivity contribution in [1.82, 2.24) is 14.9 Å². The number of aromatic carboxylic acids is 1. The van der Waals surface area contributed by atoms with Gasteiger partial charge in [-0.05, 0) is 55.3 Å². The molecule has 0 aliphatic carbocycles. The number of hydrogen-bond donors (Lipinski definition) is 1. The average molecular weight is 538 g/mol. The summed E-state index contributed by atoms with van der Waals surface area (Å²) < 4.78 is 14.2. The van der Waals surface area contributed by atoms with Gasteiger partial charge >= 0.3 is 5.97 Å². The number of likely N-dealkylation sites (N-methyl/N-ethyl adjacent to an activating group) is 1. The first-order valence-electron chi connectivity index (χ1n) is 12.5. The van der Waals surface area contributed by atoms with Crippen LogP contribution in [0.4, 0.5) is 21.6 Å². The summed E-state index contributed by atoms with van der Waals surface area (Å²) in [5.41, 5.74) is 2.50. The molecule has 38 heavy (non-hydrogen) atoms. The van der Waals surface area contributed by atoms with E-state index >= 15 is 0 Å². The fraction of sp³-hybridized carbons (Fsp3) is 0.357. The quantitative estimate of drug-likeness (QED) is 0.482. The molecule has 1 unspecified atom stereocenters. The predicted octanol–water partition coefficient (Wildman–Crippen LogP) is 5.14. The minimum atomic E-state index is -1.02. The summed E-state index contributed by atoms with van der Waals surface area (Å²) in [6.45, 7) is 5.86. The van der Waals surface area contributed by atoms with Crippen molar-refractivity contribution >= 4 is 40.7 Å². The van der Waals surface area contributed by atoms with Crippen molar-refractivity contribution in [2.24, 2.45) is 0 Å². The molecular formula is C28H29ClFN5O3. The summed E-state index contributed by atoms with van der Waals surface area (Å²) in [6, 6.07) is 11.6. The van der Waals surface area contributed by atoms with Gasteiger partial charge in [-0.25, -0.2) is 19.2 Å². The smallest absolute Gasteiger partial charge is 0.337 e. The van der Waals surface area contributed by atoms with E-state index < -0.39 is 11.8 Å². The molecule has 0 bridgehead atoms. The number of halogens is 2. The summed E-state index contributed by atoms with van der Waals surface area (Å²) in [6.07, 6.45) is 3.07. The number of benzene rings is 1. The lowest BCUT2D eigenvalue weighted by molar-refractivity contribution is 0.0688. The maximum atomic E-state index is 14.2. The SMILES string of the molecule is CN(c1ccc(C(=O)O)cn1)C1CCCN(C(=O)c2ccc3c(n2)C(C)(C)CN3c2ccc(Cl)c(F)c2)C1. The van der Waals surface area contributed by atoms with Gasteiger partial charge in [0.05, 0.1) is 22.0 Å². The minimum absolute atomic E-state index is 0.0389. The lowest BCUT2D eigenvalue weighted by Crippen LogP contribution is -2.49. The first-order valence-corrected chi connectivity index (χ1v) is 12.9. The molecular weight excluding hydrogens is 509 g/mol. The van der Waals surface area contributed by atoms with Crippen LogP contribution in [0.25, 0.3) is 0 Å². The molecule has 2 aliphatic heterocycles. The highest BCUT2D eigenvalue weighted by atomic mass is 35.5. The minimum Gasteiger partial charge on any atom is -0.478 e. The van der Waals surface area contributed by atoms with E-state index in [9.17, 15) is 14.0 Å². The van der Waals surface area contributed by atoms with Crippen molar-refractivity contribution in [2.45, 2.75) is 38.1 Å². The van der Waals surface area contributed by atoms with E-state index in [1.807, 2.05) is 27.8 Å². The van der Waals surface area contributed by atoms with E-state index in [4.69, 9.17) is 21.7 Å². The molecule has 8 nitrogen and oxygen atoms in total. The van der Waals surface area contributed by atoms with E-state index in [1.54, 1.807) is 24.3 Å². The van der Waals surface area contributed by atoms with Gasteiger partial charge in [-0.3, -0.25) is 4.79 Å². The van der Waals surface area contributed by atoms with Crippen molar-refractivity contribution in [3.05, 3.63) is 76.5 Å². The first-order chi connectivity index (χ1) is 18.0. The number of piperidine rings is 1. The van der Waals surface area contributed by atoms with Crippen molar-refractivity contribution in [3.8, 4) is 0 Å². The molecule has 1 amide bonds. The molecule has 0 saturated carbocycles. The molecule has 2 aliphatic rings. The van der Waals surface area contributed by atoms with Crippen LogP contribution in [0.2, 0.25) is 5.02 Å². The van der Waals surface area contributed by atoms with E-state index in [-0.39, 0.29) is 28.0 Å². The molecule has 0 radical (unpaired) electrons. The van der Waals surface area contributed by atoms with E-state index in [0.29, 0.717) is 36.8 Å². The fourth-order valence-electron chi connectivity index (χ4n) is 5.25. The summed E-state index contributed by atoms with van der Waals surface area (Å²) in [5, 5.41) is 9.20. The molecule has 1 atom stereocenters. The lowest BCUT2D eigenvalue weighted by atomic mass is 9.91. The van der Waals surface area contributed by atoms with Gasteiger partial charge in [0.1, 0.15) is 17.3 Å². The van der Waals surface area contributed by atoms with E-state index in [2.05, 4.69) is 18.8 Å². The van der Waals surface area contributed by atoms with Gasteiger partial charge in [0.2, 0.25) is 0 Å². The predicted molar refractivity (Wildman–Crippen MR) is 144 cm³/mol. The van der Waals surface area contributed by atoms with Crippen molar-refractivity contribution in [3.63, 3.8) is 0 Å². The second-order valence-electron chi connectivity index (χ2n) is 10.5. The lowest BCUT2D eigenvalue weighted by Gasteiger charge is -2.38. The Morgan fingerprint density at radius 3 is 2.66 bits per heavy atom. The summed E-state index contributed by atoms with van der Waals surface area (Å²) in [7, 11) is 1.91. The number of carboxylic acids is 1. The number of aromatic nitrogens is 2. The monoisotopic (exact) mass is 537 g/mol. The van der Waals surface area contributed by atoms with Gasteiger partial charge in [-0.1, -0.05) is 25.4 Å². The Morgan fingerprint density at radius 1 is 1.18 bits per heavy atom. The van der Waals surface area contributed by atoms with Crippen molar-refractivity contribution in [2.75, 3.05) is 36.5 Å². The molecule has 1 saturated heterocycles. The van der Waals surface area contributed by atoms with Gasteiger partial charge in [-0.2, -0.15) is 0 Å². The second kappa shape index (κ2) is 9.87. The molecule has 10 heteroatoms. The number of likely N-dealkylation sites (tertiary alicyclic amines) is 1. The molecule has 3 aromatic rings. The second-order valence-corrected chi connectivity index (χ2v) is 10.9. The number of carboxylic acid groups (broad SMARTS) is 1. The van der Waals surface area contributed by atoms with Crippen LogP contribution in [-0.2, 0) is 5.41 Å². The number of amides is 1. The Morgan fingerprint density at radius 2 is 1.97 bits per heavy atom. The molecule has 1 aromatic carbocycles. The number of anilines is 3. The van der Waals surface area contributed by atoms with Crippen LogP contribution in [-0.4, -0.2) is 64.6 Å². The zero-order valence-corrected chi connectivity index (χ0v) is 22.2. The Balaban J connectivity index is 1.35. The number of carbonyl (C=O) groups excluding carboxylic acids is 1. The van der Waals surface area contributed by atoms with Gasteiger partial charge in [0, 0.05) is 50.0 Å². The summed E-state index contributed by atoms with van der Waals surface area (Å²) in [5.74, 6) is -0.972. The van der Waals surface area contributed by atoms with Gasteiger partial charge < -0.3 is 19.8 Å². The highest BCUT2D eigenvalue weighted by Gasteiger charge is 2.39. The Hall–Kier alpha value is -3.72. The third-order valence-electron chi connectivity index (χ3n) is 7.38. The number of carbonyl (C=O) groups is 2. The maximum absolute atomic E-state index is 14.2. The van der Waals surface area contributed by atoms with Crippen LogP contribution >= 0.6 is 11.6 Å². The molecule has 1 N–H and O–H groups in total.